The third kappa shape index (κ3) is 3.28. The van der Waals surface area contributed by atoms with Crippen molar-refractivity contribution in [3.63, 3.8) is 0 Å². The number of hydrogen-bond donors (Lipinski definition) is 4. The van der Waals surface area contributed by atoms with Crippen LogP contribution in [-0.4, -0.2) is 27.0 Å². The van der Waals surface area contributed by atoms with Crippen molar-refractivity contribution in [2.75, 3.05) is 5.32 Å². The first kappa shape index (κ1) is 21.7. The van der Waals surface area contributed by atoms with Crippen LogP contribution in [0.3, 0.4) is 0 Å². The van der Waals surface area contributed by atoms with Crippen LogP contribution in [0, 0.1) is 11.3 Å². The van der Waals surface area contributed by atoms with E-state index in [-0.39, 0.29) is 40.1 Å². The summed E-state index contributed by atoms with van der Waals surface area (Å²) in [4.78, 5) is 14.3. The molecule has 4 N–H and O–H groups in total. The van der Waals surface area contributed by atoms with E-state index in [1.165, 1.54) is 24.3 Å². The van der Waals surface area contributed by atoms with Gasteiger partial charge in [0, 0.05) is 22.7 Å². The van der Waals surface area contributed by atoms with E-state index < -0.39 is 30.2 Å². The second-order valence-corrected chi connectivity index (χ2v) is 7.97. The molecule has 0 fully saturated rings. The molecule has 3 atom stereocenters. The van der Waals surface area contributed by atoms with E-state index in [1.54, 1.807) is 25.1 Å². The number of hydrogen-bond acceptors (Lipinski definition) is 5. The van der Waals surface area contributed by atoms with Crippen molar-refractivity contribution in [3.05, 3.63) is 69.5 Å². The molecule has 0 amide bonds. The van der Waals surface area contributed by atoms with Crippen LogP contribution in [0.1, 0.15) is 48.4 Å². The van der Waals surface area contributed by atoms with E-state index in [1.807, 2.05) is 6.07 Å². The molecule has 1 aliphatic rings. The lowest BCUT2D eigenvalue weighted by atomic mass is 9.68. The Kier molecular flexibility index (Phi) is 5.13. The molecule has 0 radical (unpaired) electrons. The van der Waals surface area contributed by atoms with E-state index >= 15 is 0 Å². The molecular formula is C23H20F3N3O3. The number of aliphatic hydroxyl groups is 1. The number of H-pyrrole nitrogens is 1. The highest BCUT2D eigenvalue weighted by molar-refractivity contribution is 5.91. The van der Waals surface area contributed by atoms with Gasteiger partial charge in [-0.05, 0) is 48.6 Å². The van der Waals surface area contributed by atoms with Crippen molar-refractivity contribution in [3.8, 4) is 11.8 Å². The fraction of sp³-hybridized carbons (Fsp3) is 0.304. The van der Waals surface area contributed by atoms with Gasteiger partial charge in [0.25, 0.3) is 0 Å². The van der Waals surface area contributed by atoms with Gasteiger partial charge in [-0.25, -0.2) is 0 Å². The summed E-state index contributed by atoms with van der Waals surface area (Å²) in [7, 11) is 0. The molecule has 0 spiro atoms. The molecule has 1 aromatic heterocycles. The molecule has 4 rings (SSSR count). The Morgan fingerprint density at radius 3 is 2.66 bits per heavy atom. The van der Waals surface area contributed by atoms with Crippen molar-refractivity contribution in [2.45, 2.75) is 43.5 Å². The number of phenols is 1. The lowest BCUT2D eigenvalue weighted by molar-refractivity contribution is -0.272. The van der Waals surface area contributed by atoms with Gasteiger partial charge in [0.2, 0.25) is 5.56 Å². The maximum Gasteiger partial charge on any atom is 0.419 e. The fourth-order valence-electron chi connectivity index (χ4n) is 4.54. The standard InChI is InChI=1S/C23H20F3N3O3/c1-2-12-10-22(32,23(24,25)26)21(15-7-6-13(11-27)20(31)19(12)15)29-17-5-3-4-16-14(17)8-9-18(30)28-16/h3-9,12,21,29,31-32H,2,10H2,1H3,(H,28,30)/t12-,21+,22+/m1/s1. The van der Waals surface area contributed by atoms with Crippen LogP contribution in [0.25, 0.3) is 10.9 Å². The van der Waals surface area contributed by atoms with Crippen molar-refractivity contribution in [1.82, 2.24) is 4.98 Å². The molecule has 9 heteroatoms. The average molecular weight is 443 g/mol. The van der Waals surface area contributed by atoms with Crippen molar-refractivity contribution >= 4 is 16.6 Å². The largest absolute Gasteiger partial charge is 0.506 e. The van der Waals surface area contributed by atoms with Crippen LogP contribution < -0.4 is 10.9 Å². The predicted molar refractivity (Wildman–Crippen MR) is 112 cm³/mol. The topological polar surface area (TPSA) is 109 Å². The average Bonchev–Trinajstić information content (AvgIpc) is 2.74. The van der Waals surface area contributed by atoms with E-state index in [4.69, 9.17) is 0 Å². The highest BCUT2D eigenvalue weighted by Gasteiger charge is 2.62. The summed E-state index contributed by atoms with van der Waals surface area (Å²) >= 11 is 0. The minimum atomic E-state index is -4.97. The van der Waals surface area contributed by atoms with Gasteiger partial charge < -0.3 is 20.5 Å². The number of alkyl halides is 3. The van der Waals surface area contributed by atoms with Gasteiger partial charge in [0.15, 0.2) is 5.60 Å². The molecule has 166 valence electrons. The minimum absolute atomic E-state index is 0.0406. The Hall–Kier alpha value is -3.51. The number of nitrogens with zero attached hydrogens (tertiary/aromatic N) is 1. The number of anilines is 1. The zero-order valence-electron chi connectivity index (χ0n) is 17.0. The number of nitriles is 1. The van der Waals surface area contributed by atoms with Crippen molar-refractivity contribution in [2.24, 2.45) is 0 Å². The van der Waals surface area contributed by atoms with Crippen LogP contribution in [0.4, 0.5) is 18.9 Å². The summed E-state index contributed by atoms with van der Waals surface area (Å²) in [5.74, 6) is -1.16. The predicted octanol–water partition coefficient (Wildman–Crippen LogP) is 4.45. The molecule has 32 heavy (non-hydrogen) atoms. The lowest BCUT2D eigenvalue weighted by Gasteiger charge is -2.46. The van der Waals surface area contributed by atoms with E-state index in [2.05, 4.69) is 10.3 Å². The molecule has 2 aromatic carbocycles. The number of benzene rings is 2. The summed E-state index contributed by atoms with van der Waals surface area (Å²) in [6.07, 6.45) is -5.42. The molecule has 1 aliphatic carbocycles. The smallest absolute Gasteiger partial charge is 0.419 e. The summed E-state index contributed by atoms with van der Waals surface area (Å²) in [5.41, 5.74) is -2.54. The molecule has 1 heterocycles. The van der Waals surface area contributed by atoms with E-state index in [0.29, 0.717) is 10.9 Å². The second kappa shape index (κ2) is 7.57. The lowest BCUT2D eigenvalue weighted by Crippen LogP contribution is -2.55. The first-order chi connectivity index (χ1) is 15.1. The van der Waals surface area contributed by atoms with Crippen LogP contribution in [-0.2, 0) is 0 Å². The third-order valence-electron chi connectivity index (χ3n) is 6.17. The Balaban J connectivity index is 1.95. The molecule has 3 aromatic rings. The van der Waals surface area contributed by atoms with Gasteiger partial charge >= 0.3 is 6.18 Å². The van der Waals surface area contributed by atoms with Gasteiger partial charge in [-0.3, -0.25) is 4.79 Å². The van der Waals surface area contributed by atoms with Crippen LogP contribution in [0.2, 0.25) is 0 Å². The molecule has 6 nitrogen and oxygen atoms in total. The molecule has 0 unspecified atom stereocenters. The number of aromatic hydroxyl groups is 1. The van der Waals surface area contributed by atoms with Gasteiger partial charge in [-0.15, -0.1) is 0 Å². The maximum absolute atomic E-state index is 14.2. The number of halogens is 3. The zero-order valence-corrected chi connectivity index (χ0v) is 17.0. The number of nitrogens with one attached hydrogen (secondary N) is 2. The summed E-state index contributed by atoms with van der Waals surface area (Å²) < 4.78 is 42.7. The Morgan fingerprint density at radius 2 is 2.00 bits per heavy atom. The SMILES string of the molecule is CC[C@@H]1C[C@@](O)(C(F)(F)F)[C@@H](Nc2cccc3[nH]c(=O)ccc23)c2ccc(C#N)c(O)c21. The number of rotatable bonds is 3. The van der Waals surface area contributed by atoms with Crippen molar-refractivity contribution < 1.29 is 23.4 Å². The van der Waals surface area contributed by atoms with Crippen LogP contribution >= 0.6 is 0 Å². The Bertz CT molecular complexity index is 1300. The Morgan fingerprint density at radius 1 is 1.25 bits per heavy atom. The van der Waals surface area contributed by atoms with E-state index in [0.717, 1.165) is 0 Å². The number of aromatic amines is 1. The molecule has 0 aliphatic heterocycles. The second-order valence-electron chi connectivity index (χ2n) is 7.97. The number of aromatic nitrogens is 1. The van der Waals surface area contributed by atoms with Crippen LogP contribution in [0.5, 0.6) is 5.75 Å². The van der Waals surface area contributed by atoms with Gasteiger partial charge in [0.05, 0.1) is 17.1 Å². The fourth-order valence-corrected chi connectivity index (χ4v) is 4.54. The highest BCUT2D eigenvalue weighted by atomic mass is 19.4. The van der Waals surface area contributed by atoms with Crippen molar-refractivity contribution in [1.29, 1.82) is 5.26 Å². The first-order valence-electron chi connectivity index (χ1n) is 10.0. The third-order valence-corrected chi connectivity index (χ3v) is 6.17. The van der Waals surface area contributed by atoms with E-state index in [9.17, 15) is 33.4 Å². The van der Waals surface area contributed by atoms with Gasteiger partial charge in [-0.2, -0.15) is 18.4 Å². The van der Waals surface area contributed by atoms with Crippen LogP contribution in [0.15, 0.2) is 47.3 Å². The van der Waals surface area contributed by atoms with Gasteiger partial charge in [0.1, 0.15) is 11.8 Å². The maximum atomic E-state index is 14.2. The number of pyridine rings is 1. The monoisotopic (exact) mass is 443 g/mol. The number of fused-ring (bicyclic) bond motifs is 2. The highest BCUT2D eigenvalue weighted by Crippen LogP contribution is 2.55. The molecular weight excluding hydrogens is 423 g/mol. The minimum Gasteiger partial charge on any atom is -0.506 e. The Labute approximate surface area is 180 Å². The summed E-state index contributed by atoms with van der Waals surface area (Å²) in [6, 6.07) is 10.3. The summed E-state index contributed by atoms with van der Waals surface area (Å²) in [5, 5.41) is 34.2. The normalized spacial score (nSPS) is 22.9. The molecule has 0 saturated carbocycles. The zero-order chi connectivity index (χ0) is 23.3. The van der Waals surface area contributed by atoms with Gasteiger partial charge in [-0.1, -0.05) is 19.1 Å². The molecule has 0 saturated heterocycles. The quantitative estimate of drug-likeness (QED) is 0.478. The summed E-state index contributed by atoms with van der Waals surface area (Å²) in [6.45, 7) is 1.67. The first-order valence-corrected chi connectivity index (χ1v) is 10.0. The number of phenolic OH excluding ortho intramolecular Hbond substituents is 1. The molecule has 0 bridgehead atoms.